The van der Waals surface area contributed by atoms with Gasteiger partial charge in [-0.25, -0.2) is 17.8 Å². The first-order chi connectivity index (χ1) is 9.97. The van der Waals surface area contributed by atoms with Gasteiger partial charge in [0.1, 0.15) is 16.4 Å². The molecule has 0 amide bonds. The lowest BCUT2D eigenvalue weighted by atomic mass is 10.2. The average Bonchev–Trinajstić information content (AvgIpc) is 2.86. The van der Waals surface area contributed by atoms with E-state index in [1.54, 1.807) is 25.3 Å². The van der Waals surface area contributed by atoms with Crippen molar-refractivity contribution in [1.29, 1.82) is 0 Å². The zero-order valence-electron chi connectivity index (χ0n) is 11.1. The number of H-pyrrole nitrogens is 1. The van der Waals surface area contributed by atoms with Crippen molar-refractivity contribution >= 4 is 26.7 Å². The highest BCUT2D eigenvalue weighted by Gasteiger charge is 2.20. The topological polar surface area (TPSA) is 74.8 Å². The summed E-state index contributed by atoms with van der Waals surface area (Å²) < 4.78 is 40.5. The molecule has 5 nitrogen and oxygen atoms in total. The van der Waals surface area contributed by atoms with Crippen LogP contribution in [0.5, 0.6) is 0 Å². The molecule has 2 N–H and O–H groups in total. The maximum absolute atomic E-state index is 13.1. The Morgan fingerprint density at radius 1 is 1.29 bits per heavy atom. The number of nitrogens with zero attached hydrogens (tertiary/aromatic N) is 1. The summed E-state index contributed by atoms with van der Waals surface area (Å²) in [6, 6.07) is 7.22. The summed E-state index contributed by atoms with van der Waals surface area (Å²) in [6.45, 7) is 1.64. The molecular formula is C14H12FN3O2S. The van der Waals surface area contributed by atoms with E-state index in [-0.39, 0.29) is 4.90 Å². The fourth-order valence-electron chi connectivity index (χ4n) is 2.09. The van der Waals surface area contributed by atoms with Crippen molar-refractivity contribution in [3.63, 3.8) is 0 Å². The lowest BCUT2D eigenvalue weighted by molar-refractivity contribution is 0.601. The van der Waals surface area contributed by atoms with Crippen molar-refractivity contribution in [1.82, 2.24) is 9.97 Å². The second kappa shape index (κ2) is 4.85. The summed E-state index contributed by atoms with van der Waals surface area (Å²) in [5.41, 5.74) is 1.35. The standard InChI is InChI=1S/C14H12FN3O2S/c1-9-7-10(15)4-5-12(9)18-21(19,20)13-8-17-14-11(13)3-2-6-16-14/h2-8,18H,1H3,(H,16,17). The predicted octanol–water partition coefficient (Wildman–Crippen LogP) is 2.81. The molecule has 0 aliphatic heterocycles. The molecule has 0 unspecified atom stereocenters. The van der Waals surface area contributed by atoms with Gasteiger partial charge in [-0.1, -0.05) is 0 Å². The van der Waals surface area contributed by atoms with Crippen LogP contribution in [0.2, 0.25) is 0 Å². The number of halogens is 1. The number of hydrogen-bond donors (Lipinski definition) is 2. The molecule has 0 spiro atoms. The van der Waals surface area contributed by atoms with Crippen molar-refractivity contribution in [2.24, 2.45) is 0 Å². The van der Waals surface area contributed by atoms with Crippen LogP contribution in [0.15, 0.2) is 47.6 Å². The molecule has 3 aromatic rings. The highest BCUT2D eigenvalue weighted by atomic mass is 32.2. The van der Waals surface area contributed by atoms with E-state index in [4.69, 9.17) is 0 Å². The van der Waals surface area contributed by atoms with Crippen LogP contribution in [-0.2, 0) is 10.0 Å². The zero-order chi connectivity index (χ0) is 15.0. The number of hydrogen-bond acceptors (Lipinski definition) is 3. The van der Waals surface area contributed by atoms with Gasteiger partial charge < -0.3 is 4.98 Å². The molecule has 0 fully saturated rings. The molecule has 108 valence electrons. The Morgan fingerprint density at radius 2 is 2.10 bits per heavy atom. The summed E-state index contributed by atoms with van der Waals surface area (Å²) in [6.07, 6.45) is 2.96. The van der Waals surface area contributed by atoms with E-state index in [0.29, 0.717) is 22.3 Å². The predicted molar refractivity (Wildman–Crippen MR) is 78.0 cm³/mol. The number of sulfonamides is 1. The quantitative estimate of drug-likeness (QED) is 0.781. The van der Waals surface area contributed by atoms with Gasteiger partial charge in [-0.2, -0.15) is 0 Å². The third kappa shape index (κ3) is 2.47. The van der Waals surface area contributed by atoms with Gasteiger partial charge in [0.15, 0.2) is 0 Å². The molecule has 0 saturated carbocycles. The fraction of sp³-hybridized carbons (Fsp3) is 0.0714. The molecule has 1 aromatic carbocycles. The molecule has 0 saturated heterocycles. The normalized spacial score (nSPS) is 11.7. The number of aromatic nitrogens is 2. The molecule has 2 aromatic heterocycles. The Morgan fingerprint density at radius 3 is 2.86 bits per heavy atom. The van der Waals surface area contributed by atoms with E-state index in [0.717, 1.165) is 0 Å². The van der Waals surface area contributed by atoms with Crippen LogP contribution in [-0.4, -0.2) is 18.4 Å². The number of fused-ring (bicyclic) bond motifs is 1. The largest absolute Gasteiger partial charge is 0.345 e. The van der Waals surface area contributed by atoms with Crippen molar-refractivity contribution in [2.75, 3.05) is 4.72 Å². The number of pyridine rings is 1. The maximum atomic E-state index is 13.1. The van der Waals surface area contributed by atoms with Gasteiger partial charge >= 0.3 is 0 Å². The molecule has 0 aliphatic carbocycles. The average molecular weight is 305 g/mol. The van der Waals surface area contributed by atoms with E-state index >= 15 is 0 Å². The molecule has 0 atom stereocenters. The minimum atomic E-state index is -3.78. The summed E-state index contributed by atoms with van der Waals surface area (Å²) >= 11 is 0. The SMILES string of the molecule is Cc1cc(F)ccc1NS(=O)(=O)c1c[nH]c2ncccc12. The number of benzene rings is 1. The van der Waals surface area contributed by atoms with Crippen LogP contribution >= 0.6 is 0 Å². The second-order valence-electron chi connectivity index (χ2n) is 4.62. The Balaban J connectivity index is 2.04. The Kier molecular flexibility index (Phi) is 3.13. The van der Waals surface area contributed by atoms with Gasteiger partial charge in [0.25, 0.3) is 10.0 Å². The third-order valence-corrected chi connectivity index (χ3v) is 4.54. The molecule has 2 heterocycles. The molecule has 0 radical (unpaired) electrons. The molecular weight excluding hydrogens is 293 g/mol. The zero-order valence-corrected chi connectivity index (χ0v) is 11.9. The van der Waals surface area contributed by atoms with Crippen molar-refractivity contribution in [3.05, 3.63) is 54.1 Å². The fourth-order valence-corrected chi connectivity index (χ4v) is 3.39. The van der Waals surface area contributed by atoms with E-state index in [1.165, 1.54) is 24.4 Å². The summed E-state index contributed by atoms with van der Waals surface area (Å²) in [4.78, 5) is 6.97. The first kappa shape index (κ1) is 13.6. The summed E-state index contributed by atoms with van der Waals surface area (Å²) in [5.74, 6) is -0.410. The first-order valence-corrected chi connectivity index (χ1v) is 7.67. The van der Waals surface area contributed by atoms with Gasteiger partial charge in [-0.05, 0) is 42.8 Å². The van der Waals surface area contributed by atoms with E-state index < -0.39 is 15.8 Å². The molecule has 3 rings (SSSR count). The van der Waals surface area contributed by atoms with Gasteiger partial charge in [-0.3, -0.25) is 4.72 Å². The van der Waals surface area contributed by atoms with Gasteiger partial charge in [0, 0.05) is 17.8 Å². The maximum Gasteiger partial charge on any atom is 0.264 e. The lowest BCUT2D eigenvalue weighted by Crippen LogP contribution is -2.13. The Bertz CT molecular complexity index is 919. The van der Waals surface area contributed by atoms with Gasteiger partial charge in [-0.15, -0.1) is 0 Å². The number of anilines is 1. The van der Waals surface area contributed by atoms with Crippen molar-refractivity contribution < 1.29 is 12.8 Å². The number of aryl methyl sites for hydroxylation is 1. The highest BCUT2D eigenvalue weighted by molar-refractivity contribution is 7.93. The number of rotatable bonds is 3. The lowest BCUT2D eigenvalue weighted by Gasteiger charge is -2.09. The number of nitrogens with one attached hydrogen (secondary N) is 2. The molecule has 0 bridgehead atoms. The Hall–Kier alpha value is -2.41. The van der Waals surface area contributed by atoms with Crippen LogP contribution < -0.4 is 4.72 Å². The van der Waals surface area contributed by atoms with Crippen molar-refractivity contribution in [2.45, 2.75) is 11.8 Å². The van der Waals surface area contributed by atoms with E-state index in [2.05, 4.69) is 14.7 Å². The smallest absolute Gasteiger partial charge is 0.264 e. The first-order valence-electron chi connectivity index (χ1n) is 6.18. The van der Waals surface area contributed by atoms with Crippen LogP contribution in [0, 0.1) is 12.7 Å². The van der Waals surface area contributed by atoms with Crippen LogP contribution in [0.4, 0.5) is 10.1 Å². The molecule has 7 heteroatoms. The van der Waals surface area contributed by atoms with Gasteiger partial charge in [0.2, 0.25) is 0 Å². The third-order valence-electron chi connectivity index (χ3n) is 3.14. The van der Waals surface area contributed by atoms with Crippen LogP contribution in [0.25, 0.3) is 11.0 Å². The monoisotopic (exact) mass is 305 g/mol. The minimum Gasteiger partial charge on any atom is -0.345 e. The summed E-state index contributed by atoms with van der Waals surface area (Å²) in [5, 5.41) is 0.504. The molecule has 0 aliphatic rings. The van der Waals surface area contributed by atoms with Crippen molar-refractivity contribution in [3.8, 4) is 0 Å². The Labute approximate surface area is 120 Å². The highest BCUT2D eigenvalue weighted by Crippen LogP contribution is 2.25. The summed E-state index contributed by atoms with van der Waals surface area (Å²) in [7, 11) is -3.78. The van der Waals surface area contributed by atoms with E-state index in [1.807, 2.05) is 0 Å². The minimum absolute atomic E-state index is 0.106. The van der Waals surface area contributed by atoms with Crippen LogP contribution in [0.3, 0.4) is 0 Å². The van der Waals surface area contributed by atoms with E-state index in [9.17, 15) is 12.8 Å². The second-order valence-corrected chi connectivity index (χ2v) is 6.27. The molecule has 21 heavy (non-hydrogen) atoms. The van der Waals surface area contributed by atoms with Crippen LogP contribution in [0.1, 0.15) is 5.56 Å². The number of aromatic amines is 1. The van der Waals surface area contributed by atoms with Gasteiger partial charge in [0.05, 0.1) is 5.69 Å².